The summed E-state index contributed by atoms with van der Waals surface area (Å²) in [5.74, 6) is -1.13. The number of ether oxygens (including phenoxy) is 1. The molecule has 2 rings (SSSR count). The van der Waals surface area contributed by atoms with Crippen LogP contribution in [0.3, 0.4) is 0 Å². The summed E-state index contributed by atoms with van der Waals surface area (Å²) in [5, 5.41) is 5.60. The van der Waals surface area contributed by atoms with Crippen LogP contribution in [-0.2, 0) is 23.9 Å². The van der Waals surface area contributed by atoms with Crippen LogP contribution in [0, 0.1) is 11.8 Å². The van der Waals surface area contributed by atoms with Crippen molar-refractivity contribution in [3.63, 3.8) is 0 Å². The van der Waals surface area contributed by atoms with Crippen LogP contribution in [0.4, 0.5) is 0 Å². The van der Waals surface area contributed by atoms with Gasteiger partial charge in [0.1, 0.15) is 17.6 Å². The van der Waals surface area contributed by atoms with E-state index in [-0.39, 0.29) is 30.3 Å². The van der Waals surface area contributed by atoms with Crippen molar-refractivity contribution in [2.75, 3.05) is 13.2 Å². The quantitative estimate of drug-likeness (QED) is 0.431. The van der Waals surface area contributed by atoms with E-state index in [2.05, 4.69) is 10.6 Å². The largest absolute Gasteiger partial charge is 0.464 e. The fourth-order valence-corrected chi connectivity index (χ4v) is 4.50. The zero-order chi connectivity index (χ0) is 23.3. The lowest BCUT2D eigenvalue weighted by atomic mass is 9.84. The van der Waals surface area contributed by atoms with Crippen molar-refractivity contribution in [1.82, 2.24) is 15.5 Å². The molecule has 0 radical (unpaired) electrons. The number of fused-ring (bicyclic) bond motifs is 1. The molecule has 4 atom stereocenters. The molecular weight excluding hydrogens is 400 g/mol. The van der Waals surface area contributed by atoms with Gasteiger partial charge in [0, 0.05) is 6.54 Å². The van der Waals surface area contributed by atoms with Crippen molar-refractivity contribution < 1.29 is 23.9 Å². The molecule has 0 unspecified atom stereocenters. The summed E-state index contributed by atoms with van der Waals surface area (Å²) in [4.78, 5) is 52.2. The first kappa shape index (κ1) is 25.1. The van der Waals surface area contributed by atoms with Crippen LogP contribution in [0.2, 0.25) is 0 Å². The van der Waals surface area contributed by atoms with E-state index in [4.69, 9.17) is 10.5 Å². The second kappa shape index (κ2) is 10.4. The number of carbonyl (C=O) groups is 4. The summed E-state index contributed by atoms with van der Waals surface area (Å²) in [5.41, 5.74) is 5.23. The van der Waals surface area contributed by atoms with E-state index in [1.54, 1.807) is 11.8 Å². The van der Waals surface area contributed by atoms with Crippen LogP contribution in [0.5, 0.6) is 0 Å². The Morgan fingerprint density at radius 3 is 2.55 bits per heavy atom. The number of hydrogen-bond acceptors (Lipinski definition) is 6. The Morgan fingerprint density at radius 2 is 1.97 bits per heavy atom. The van der Waals surface area contributed by atoms with Gasteiger partial charge < -0.3 is 26.0 Å². The van der Waals surface area contributed by atoms with Gasteiger partial charge in [-0.25, -0.2) is 4.79 Å². The highest BCUT2D eigenvalue weighted by Crippen LogP contribution is 2.38. The van der Waals surface area contributed by atoms with E-state index in [1.165, 1.54) is 0 Å². The molecule has 31 heavy (non-hydrogen) atoms. The highest BCUT2D eigenvalue weighted by Gasteiger charge is 2.54. The standard InChI is InChI=1S/C22H38N4O5/c1-6-31-20(29)17(14(4)5)24-18(27)15(23)9-7-10-22-11-8-12-26(22)19(28)16(13(2)3)25-21(22)30/h13-17H,6-12,23H2,1-5H3,(H,24,27)(H,25,30)/t15-,16+,17+,22-/m1/s1. The third-order valence-electron chi connectivity index (χ3n) is 6.34. The van der Waals surface area contributed by atoms with Crippen LogP contribution in [0.25, 0.3) is 0 Å². The van der Waals surface area contributed by atoms with Gasteiger partial charge in [-0.1, -0.05) is 27.7 Å². The predicted octanol–water partition coefficient (Wildman–Crippen LogP) is 0.704. The van der Waals surface area contributed by atoms with E-state index >= 15 is 0 Å². The Kier molecular flexibility index (Phi) is 8.45. The first-order chi connectivity index (χ1) is 14.5. The van der Waals surface area contributed by atoms with Crippen molar-refractivity contribution in [2.45, 2.75) is 90.4 Å². The highest BCUT2D eigenvalue weighted by atomic mass is 16.5. The molecule has 0 aromatic rings. The van der Waals surface area contributed by atoms with Gasteiger partial charge in [-0.15, -0.1) is 0 Å². The van der Waals surface area contributed by atoms with E-state index in [9.17, 15) is 19.2 Å². The van der Waals surface area contributed by atoms with Gasteiger partial charge in [-0.2, -0.15) is 0 Å². The van der Waals surface area contributed by atoms with Gasteiger partial charge in [-0.3, -0.25) is 14.4 Å². The number of amides is 3. The number of carbonyl (C=O) groups excluding carboxylic acids is 4. The Balaban J connectivity index is 1.95. The van der Waals surface area contributed by atoms with Crippen molar-refractivity contribution in [3.05, 3.63) is 0 Å². The molecule has 0 aromatic heterocycles. The SMILES string of the molecule is CCOC(=O)[C@@H](NC(=O)[C@H](N)CCC[C@]12CCCN1C(=O)[C@H](C(C)C)NC2=O)C(C)C. The summed E-state index contributed by atoms with van der Waals surface area (Å²) in [6.45, 7) is 10.0. The molecule has 3 amide bonds. The molecule has 2 aliphatic rings. The highest BCUT2D eigenvalue weighted by molar-refractivity contribution is 6.00. The van der Waals surface area contributed by atoms with Crippen LogP contribution in [0.15, 0.2) is 0 Å². The van der Waals surface area contributed by atoms with Gasteiger partial charge in [0.15, 0.2) is 0 Å². The monoisotopic (exact) mass is 438 g/mol. The lowest BCUT2D eigenvalue weighted by Gasteiger charge is -2.45. The average Bonchev–Trinajstić information content (AvgIpc) is 3.14. The van der Waals surface area contributed by atoms with Crippen LogP contribution in [-0.4, -0.2) is 65.4 Å². The zero-order valence-corrected chi connectivity index (χ0v) is 19.4. The number of nitrogens with two attached hydrogens (primary N) is 1. The van der Waals surface area contributed by atoms with Gasteiger partial charge >= 0.3 is 5.97 Å². The molecule has 2 aliphatic heterocycles. The fraction of sp³-hybridized carbons (Fsp3) is 0.818. The zero-order valence-electron chi connectivity index (χ0n) is 19.4. The Labute approximate surface area is 184 Å². The Hall–Kier alpha value is -2.16. The molecule has 9 heteroatoms. The van der Waals surface area contributed by atoms with Crippen LogP contribution < -0.4 is 16.4 Å². The van der Waals surface area contributed by atoms with Crippen LogP contribution >= 0.6 is 0 Å². The summed E-state index contributed by atoms with van der Waals surface area (Å²) < 4.78 is 5.02. The van der Waals surface area contributed by atoms with Crippen molar-refractivity contribution in [3.8, 4) is 0 Å². The second-order valence-electron chi connectivity index (χ2n) is 9.30. The maximum absolute atomic E-state index is 13.0. The van der Waals surface area contributed by atoms with Gasteiger partial charge in [-0.05, 0) is 50.9 Å². The van der Waals surface area contributed by atoms with Crippen LogP contribution in [0.1, 0.15) is 66.7 Å². The van der Waals surface area contributed by atoms with E-state index < -0.39 is 35.5 Å². The predicted molar refractivity (Wildman–Crippen MR) is 116 cm³/mol. The molecule has 2 fully saturated rings. The average molecular weight is 439 g/mol. The molecule has 0 bridgehead atoms. The number of hydrogen-bond donors (Lipinski definition) is 3. The molecule has 9 nitrogen and oxygen atoms in total. The minimum atomic E-state index is -0.843. The van der Waals surface area contributed by atoms with E-state index in [0.717, 1.165) is 6.42 Å². The first-order valence-corrected chi connectivity index (χ1v) is 11.4. The minimum absolute atomic E-state index is 0.0247. The normalized spacial score (nSPS) is 25.3. The van der Waals surface area contributed by atoms with E-state index in [0.29, 0.717) is 32.2 Å². The summed E-state index contributed by atoms with van der Waals surface area (Å²) >= 11 is 0. The number of piperazine rings is 1. The van der Waals surface area contributed by atoms with Gasteiger partial charge in [0.25, 0.3) is 0 Å². The minimum Gasteiger partial charge on any atom is -0.464 e. The molecule has 4 N–H and O–H groups in total. The topological polar surface area (TPSA) is 131 Å². The third-order valence-corrected chi connectivity index (χ3v) is 6.34. The molecule has 0 aliphatic carbocycles. The molecule has 0 aromatic carbocycles. The number of nitrogens with zero attached hydrogens (tertiary/aromatic N) is 1. The lowest BCUT2D eigenvalue weighted by molar-refractivity contribution is -0.156. The summed E-state index contributed by atoms with van der Waals surface area (Å²) in [7, 11) is 0. The smallest absolute Gasteiger partial charge is 0.328 e. The Morgan fingerprint density at radius 1 is 1.29 bits per heavy atom. The van der Waals surface area contributed by atoms with Crippen molar-refractivity contribution in [2.24, 2.45) is 17.6 Å². The molecule has 176 valence electrons. The second-order valence-corrected chi connectivity index (χ2v) is 9.30. The molecule has 0 saturated carbocycles. The Bertz CT molecular complexity index is 695. The molecule has 2 heterocycles. The maximum atomic E-state index is 13.0. The number of esters is 1. The molecule has 2 saturated heterocycles. The molecular formula is C22H38N4O5. The third kappa shape index (κ3) is 5.37. The van der Waals surface area contributed by atoms with Gasteiger partial charge in [0.2, 0.25) is 17.7 Å². The van der Waals surface area contributed by atoms with E-state index in [1.807, 2.05) is 27.7 Å². The number of nitrogens with one attached hydrogen (secondary N) is 2. The fourth-order valence-electron chi connectivity index (χ4n) is 4.50. The van der Waals surface area contributed by atoms with Crippen molar-refractivity contribution >= 4 is 23.7 Å². The first-order valence-electron chi connectivity index (χ1n) is 11.4. The van der Waals surface area contributed by atoms with Crippen molar-refractivity contribution in [1.29, 1.82) is 0 Å². The molecule has 0 spiro atoms. The summed E-state index contributed by atoms with van der Waals surface area (Å²) in [6.07, 6.45) is 2.73. The number of rotatable bonds is 10. The van der Waals surface area contributed by atoms with Gasteiger partial charge in [0.05, 0.1) is 12.6 Å². The maximum Gasteiger partial charge on any atom is 0.328 e. The lowest BCUT2D eigenvalue weighted by Crippen LogP contribution is -2.69. The summed E-state index contributed by atoms with van der Waals surface area (Å²) in [6, 6.07) is -2.05.